The molecular formula is C29H28O3. The average Bonchev–Trinajstić information content (AvgIpc) is 2.84. The third-order valence-electron chi connectivity index (χ3n) is 6.25. The van der Waals surface area contributed by atoms with E-state index in [4.69, 9.17) is 11.2 Å². The first-order chi connectivity index (χ1) is 15.7. The molecule has 0 heterocycles. The highest BCUT2D eigenvalue weighted by Gasteiger charge is 2.26. The Morgan fingerprint density at radius 1 is 1.06 bits per heavy atom. The number of aliphatic hydroxyl groups excluding tert-OH is 1. The number of benzene rings is 3. The van der Waals surface area contributed by atoms with E-state index in [-0.39, 0.29) is 12.6 Å². The second-order valence-electron chi connectivity index (χ2n) is 8.26. The van der Waals surface area contributed by atoms with Gasteiger partial charge in [-0.25, -0.2) is 0 Å². The number of carbonyl (C=O) groups is 1. The van der Waals surface area contributed by atoms with Gasteiger partial charge >= 0.3 is 5.97 Å². The minimum Gasteiger partial charge on any atom is -0.452 e. The zero-order valence-electron chi connectivity index (χ0n) is 18.2. The maximum atomic E-state index is 11.6. The van der Waals surface area contributed by atoms with Crippen molar-refractivity contribution in [2.24, 2.45) is 0 Å². The van der Waals surface area contributed by atoms with Crippen molar-refractivity contribution >= 4 is 22.3 Å². The highest BCUT2D eigenvalue weighted by molar-refractivity contribution is 5.88. The second kappa shape index (κ2) is 10.3. The molecule has 1 unspecified atom stereocenters. The summed E-state index contributed by atoms with van der Waals surface area (Å²) in [7, 11) is 0. The lowest BCUT2D eigenvalue weighted by Gasteiger charge is -2.28. The predicted molar refractivity (Wildman–Crippen MR) is 129 cm³/mol. The number of hydrogen-bond donors (Lipinski definition) is 1. The summed E-state index contributed by atoms with van der Waals surface area (Å²) in [6, 6.07) is 22.7. The predicted octanol–water partition coefficient (Wildman–Crippen LogP) is 6.18. The summed E-state index contributed by atoms with van der Waals surface area (Å²) in [5, 5.41) is 13.6. The van der Waals surface area contributed by atoms with Crippen molar-refractivity contribution in [2.45, 2.75) is 44.1 Å². The molecule has 0 saturated carbocycles. The number of unbranched alkanes of at least 4 members (excludes halogenated alkanes) is 1. The Bertz CT molecular complexity index is 1160. The average molecular weight is 425 g/mol. The molecule has 3 aromatic carbocycles. The summed E-state index contributed by atoms with van der Waals surface area (Å²) in [5.41, 5.74) is 4.32. The van der Waals surface area contributed by atoms with Crippen LogP contribution in [0, 0.1) is 12.3 Å². The van der Waals surface area contributed by atoms with E-state index in [1.807, 2.05) is 30.3 Å². The molecule has 1 N–H and O–H groups in total. The van der Waals surface area contributed by atoms with Crippen LogP contribution in [0.2, 0.25) is 0 Å². The van der Waals surface area contributed by atoms with Crippen LogP contribution >= 0.6 is 0 Å². The molecule has 3 aromatic rings. The monoisotopic (exact) mass is 424 g/mol. The van der Waals surface area contributed by atoms with Crippen molar-refractivity contribution in [3.05, 3.63) is 89.5 Å². The first-order valence-corrected chi connectivity index (χ1v) is 11.2. The molecule has 0 aliphatic heterocycles. The van der Waals surface area contributed by atoms with Crippen molar-refractivity contribution < 1.29 is 14.6 Å². The van der Waals surface area contributed by atoms with Crippen LogP contribution in [0.5, 0.6) is 0 Å². The Kier molecular flexibility index (Phi) is 7.04. The fourth-order valence-electron chi connectivity index (χ4n) is 4.67. The summed E-state index contributed by atoms with van der Waals surface area (Å²) in [4.78, 5) is 11.6. The first-order valence-electron chi connectivity index (χ1n) is 11.2. The number of esters is 1. The van der Waals surface area contributed by atoms with Gasteiger partial charge in [0.2, 0.25) is 0 Å². The van der Waals surface area contributed by atoms with Gasteiger partial charge in [0.25, 0.3) is 0 Å². The minimum absolute atomic E-state index is 0.0431. The third kappa shape index (κ3) is 4.77. The van der Waals surface area contributed by atoms with Gasteiger partial charge in [-0.05, 0) is 58.2 Å². The highest BCUT2D eigenvalue weighted by Crippen LogP contribution is 2.43. The number of aliphatic hydroxyl groups is 1. The van der Waals surface area contributed by atoms with E-state index >= 15 is 0 Å². The number of hydrogen-bond acceptors (Lipinski definition) is 3. The molecule has 0 amide bonds. The fourth-order valence-corrected chi connectivity index (χ4v) is 4.67. The van der Waals surface area contributed by atoms with Crippen molar-refractivity contribution in [1.29, 1.82) is 0 Å². The number of carbonyl (C=O) groups excluding carboxylic acids is 1. The van der Waals surface area contributed by atoms with Crippen molar-refractivity contribution in [2.75, 3.05) is 6.61 Å². The molecule has 162 valence electrons. The van der Waals surface area contributed by atoms with Crippen molar-refractivity contribution in [3.8, 4) is 12.3 Å². The van der Waals surface area contributed by atoms with E-state index in [0.717, 1.165) is 53.2 Å². The van der Waals surface area contributed by atoms with E-state index in [0.29, 0.717) is 12.3 Å². The van der Waals surface area contributed by atoms with Crippen LogP contribution in [-0.4, -0.2) is 17.7 Å². The Labute approximate surface area is 189 Å². The van der Waals surface area contributed by atoms with E-state index in [1.165, 1.54) is 5.56 Å². The topological polar surface area (TPSA) is 46.5 Å². The molecule has 0 fully saturated rings. The largest absolute Gasteiger partial charge is 0.452 e. The summed E-state index contributed by atoms with van der Waals surface area (Å²) < 4.78 is 4.94. The van der Waals surface area contributed by atoms with Crippen LogP contribution in [-0.2, 0) is 9.53 Å². The van der Waals surface area contributed by atoms with Gasteiger partial charge in [-0.3, -0.25) is 4.79 Å². The van der Waals surface area contributed by atoms with Crippen LogP contribution < -0.4 is 0 Å². The molecule has 2 atom stereocenters. The van der Waals surface area contributed by atoms with Gasteiger partial charge in [0.1, 0.15) is 6.10 Å². The molecule has 1 aliphatic carbocycles. The summed E-state index contributed by atoms with van der Waals surface area (Å²) in [5.74, 6) is 2.47. The van der Waals surface area contributed by atoms with Gasteiger partial charge in [0.15, 0.2) is 6.61 Å². The molecular weight excluding hydrogens is 396 g/mol. The van der Waals surface area contributed by atoms with Gasteiger partial charge in [0, 0.05) is 6.42 Å². The second-order valence-corrected chi connectivity index (χ2v) is 8.26. The molecule has 0 aromatic heterocycles. The fraction of sp³-hybridized carbons (Fsp3) is 0.276. The Hall–Kier alpha value is -3.35. The van der Waals surface area contributed by atoms with Crippen LogP contribution in [0.1, 0.15) is 60.8 Å². The smallest absolute Gasteiger partial charge is 0.306 e. The van der Waals surface area contributed by atoms with Gasteiger partial charge in [-0.15, -0.1) is 6.42 Å². The summed E-state index contributed by atoms with van der Waals surface area (Å²) in [6.45, 7) is 0.0431. The van der Waals surface area contributed by atoms with E-state index in [2.05, 4.69) is 48.4 Å². The molecule has 0 bridgehead atoms. The Morgan fingerprint density at radius 3 is 2.72 bits per heavy atom. The normalized spacial score (nSPS) is 16.0. The molecule has 4 rings (SSSR count). The third-order valence-corrected chi connectivity index (χ3v) is 6.25. The van der Waals surface area contributed by atoms with Crippen molar-refractivity contribution in [1.82, 2.24) is 0 Å². The summed E-state index contributed by atoms with van der Waals surface area (Å²) in [6.07, 6.45) is 10.7. The number of terminal acetylenes is 1. The van der Waals surface area contributed by atoms with Crippen LogP contribution in [0.15, 0.2) is 72.8 Å². The minimum atomic E-state index is -0.672. The number of allylic oxidation sites excluding steroid dienone is 1. The summed E-state index contributed by atoms with van der Waals surface area (Å²) >= 11 is 0. The number of ether oxygens (including phenoxy) is 1. The van der Waals surface area contributed by atoms with Gasteiger partial charge in [-0.2, -0.15) is 0 Å². The van der Waals surface area contributed by atoms with E-state index in [1.54, 1.807) is 0 Å². The molecule has 0 radical (unpaired) electrons. The van der Waals surface area contributed by atoms with Gasteiger partial charge in [0.05, 0.1) is 0 Å². The lowest BCUT2D eigenvalue weighted by atomic mass is 9.78. The first kappa shape index (κ1) is 21.9. The Balaban J connectivity index is 1.49. The molecule has 0 saturated heterocycles. The lowest BCUT2D eigenvalue weighted by Crippen LogP contribution is -2.12. The Morgan fingerprint density at radius 2 is 1.84 bits per heavy atom. The van der Waals surface area contributed by atoms with Crippen LogP contribution in [0.3, 0.4) is 0 Å². The zero-order chi connectivity index (χ0) is 22.3. The molecule has 3 nitrogen and oxygen atoms in total. The van der Waals surface area contributed by atoms with Crippen LogP contribution in [0.4, 0.5) is 0 Å². The SMILES string of the molecule is C#CCOC(=O)CCCC[C@H]1CC=C(C(O)c2cccc3ccccc23)c2ccccc21. The molecule has 32 heavy (non-hydrogen) atoms. The molecule has 3 heteroatoms. The number of fused-ring (bicyclic) bond motifs is 2. The van der Waals surface area contributed by atoms with E-state index < -0.39 is 6.10 Å². The maximum Gasteiger partial charge on any atom is 0.306 e. The number of rotatable bonds is 8. The highest BCUT2D eigenvalue weighted by atomic mass is 16.5. The van der Waals surface area contributed by atoms with Gasteiger partial charge in [-0.1, -0.05) is 85.1 Å². The standard InChI is InChI=1S/C29H28O3/c1-2-20-32-28(30)17-8-4-11-22-18-19-27(25-15-7-6-13-23(22)25)29(31)26-16-9-12-21-10-3-5-14-24(21)26/h1,3,5-7,9-10,12-16,19,22,29,31H,4,8,11,17-18,20H2/t22-,29?/m0/s1. The van der Waals surface area contributed by atoms with Crippen molar-refractivity contribution in [3.63, 3.8) is 0 Å². The zero-order valence-corrected chi connectivity index (χ0v) is 18.2. The maximum absolute atomic E-state index is 11.6. The molecule has 0 spiro atoms. The lowest BCUT2D eigenvalue weighted by molar-refractivity contribution is -0.142. The quantitative estimate of drug-likeness (QED) is 0.267. The van der Waals surface area contributed by atoms with Gasteiger partial charge < -0.3 is 9.84 Å². The van der Waals surface area contributed by atoms with Crippen LogP contribution in [0.25, 0.3) is 16.3 Å². The van der Waals surface area contributed by atoms with E-state index in [9.17, 15) is 9.90 Å². The molecule has 1 aliphatic rings.